The van der Waals surface area contributed by atoms with Gasteiger partial charge in [0.2, 0.25) is 0 Å². The number of rotatable bonds is 1. The van der Waals surface area contributed by atoms with Crippen molar-refractivity contribution in [3.63, 3.8) is 0 Å². The van der Waals surface area contributed by atoms with Gasteiger partial charge in [0.15, 0.2) is 5.65 Å². The Labute approximate surface area is 129 Å². The van der Waals surface area contributed by atoms with E-state index in [-0.39, 0.29) is 5.56 Å². The summed E-state index contributed by atoms with van der Waals surface area (Å²) in [6, 6.07) is 3.69. The van der Waals surface area contributed by atoms with Gasteiger partial charge in [-0.05, 0) is 12.1 Å². The van der Waals surface area contributed by atoms with Crippen molar-refractivity contribution in [3.05, 3.63) is 46.2 Å². The molecule has 0 saturated carbocycles. The fourth-order valence-electron chi connectivity index (χ4n) is 2.51. The summed E-state index contributed by atoms with van der Waals surface area (Å²) in [6.45, 7) is 0. The quantitative estimate of drug-likeness (QED) is 0.536. The van der Waals surface area contributed by atoms with Crippen molar-refractivity contribution in [1.82, 2.24) is 29.1 Å². The van der Waals surface area contributed by atoms with E-state index in [2.05, 4.69) is 15.2 Å². The first kappa shape index (κ1) is 13.0. The van der Waals surface area contributed by atoms with Crippen LogP contribution in [0.3, 0.4) is 0 Å². The number of aromatic nitrogens is 6. The van der Waals surface area contributed by atoms with E-state index in [0.717, 1.165) is 10.9 Å². The molecule has 0 radical (unpaired) electrons. The molecule has 4 rings (SSSR count). The molecule has 0 aliphatic rings. The minimum Gasteiger partial charge on any atom is -0.302 e. The summed E-state index contributed by atoms with van der Waals surface area (Å²) in [5, 5.41) is 10.4. The molecular weight excluding hydrogens is 304 g/mol. The maximum Gasteiger partial charge on any atom is 0.264 e. The van der Waals surface area contributed by atoms with Crippen molar-refractivity contribution < 1.29 is 0 Å². The highest BCUT2D eigenvalue weighted by atomic mass is 35.5. The Hall–Kier alpha value is -2.67. The van der Waals surface area contributed by atoms with Crippen LogP contribution in [0.5, 0.6) is 0 Å². The van der Waals surface area contributed by atoms with Crippen LogP contribution < -0.4 is 5.56 Å². The molecule has 0 bridgehead atoms. The standard InChI is InChI=1S/C14H11ClN6O/c1-19-7-16-13-8(14(19)22)5-17-21(13)11-4-3-10-9(12(11)15)6-20(2)18-10/h3-7H,1-2H3. The first-order valence-electron chi connectivity index (χ1n) is 6.58. The molecule has 0 fully saturated rings. The monoisotopic (exact) mass is 314 g/mol. The Morgan fingerprint density at radius 1 is 1.18 bits per heavy atom. The van der Waals surface area contributed by atoms with E-state index in [1.54, 1.807) is 16.4 Å². The summed E-state index contributed by atoms with van der Waals surface area (Å²) in [5.74, 6) is 0. The predicted molar refractivity (Wildman–Crippen MR) is 83.4 cm³/mol. The van der Waals surface area contributed by atoms with Crippen LogP contribution in [0.25, 0.3) is 27.6 Å². The predicted octanol–water partition coefficient (Wildman–Crippen LogP) is 1.66. The van der Waals surface area contributed by atoms with E-state index in [0.29, 0.717) is 21.7 Å². The normalized spacial score (nSPS) is 11.6. The second-order valence-electron chi connectivity index (χ2n) is 5.09. The van der Waals surface area contributed by atoms with Crippen LogP contribution in [0.2, 0.25) is 5.02 Å². The summed E-state index contributed by atoms with van der Waals surface area (Å²) < 4.78 is 4.70. The summed E-state index contributed by atoms with van der Waals surface area (Å²) in [7, 11) is 3.49. The SMILES string of the molecule is Cn1cc2c(Cl)c(-n3ncc4c(=O)n(C)cnc43)ccc2n1. The number of fused-ring (bicyclic) bond motifs is 2. The highest BCUT2D eigenvalue weighted by Gasteiger charge is 2.15. The van der Waals surface area contributed by atoms with Crippen molar-refractivity contribution in [1.29, 1.82) is 0 Å². The maximum absolute atomic E-state index is 12.1. The molecule has 0 aliphatic carbocycles. The van der Waals surface area contributed by atoms with Gasteiger partial charge in [0.1, 0.15) is 5.39 Å². The van der Waals surface area contributed by atoms with Gasteiger partial charge in [-0.3, -0.25) is 9.48 Å². The molecule has 0 aliphatic heterocycles. The van der Waals surface area contributed by atoms with Gasteiger partial charge < -0.3 is 4.57 Å². The van der Waals surface area contributed by atoms with Crippen LogP contribution in [0.15, 0.2) is 35.6 Å². The molecule has 1 aromatic carbocycles. The minimum absolute atomic E-state index is 0.144. The largest absolute Gasteiger partial charge is 0.302 e. The third kappa shape index (κ3) is 1.69. The number of hydrogen-bond donors (Lipinski definition) is 0. The van der Waals surface area contributed by atoms with Crippen molar-refractivity contribution in [2.45, 2.75) is 0 Å². The van der Waals surface area contributed by atoms with Crippen LogP contribution in [-0.4, -0.2) is 29.1 Å². The maximum atomic E-state index is 12.1. The van der Waals surface area contributed by atoms with Crippen molar-refractivity contribution in [2.75, 3.05) is 0 Å². The Morgan fingerprint density at radius 3 is 2.82 bits per heavy atom. The van der Waals surface area contributed by atoms with E-state index in [1.807, 2.05) is 25.4 Å². The highest BCUT2D eigenvalue weighted by molar-refractivity contribution is 6.37. The van der Waals surface area contributed by atoms with Crippen molar-refractivity contribution >= 4 is 33.5 Å². The smallest absolute Gasteiger partial charge is 0.264 e. The summed E-state index contributed by atoms with van der Waals surface area (Å²) in [5.41, 5.74) is 1.80. The van der Waals surface area contributed by atoms with Gasteiger partial charge in [-0.2, -0.15) is 10.2 Å². The van der Waals surface area contributed by atoms with Crippen LogP contribution in [0, 0.1) is 0 Å². The number of benzene rings is 1. The topological polar surface area (TPSA) is 70.5 Å². The average Bonchev–Trinajstić information content (AvgIpc) is 3.07. The number of nitrogens with zero attached hydrogens (tertiary/aromatic N) is 6. The number of hydrogen-bond acceptors (Lipinski definition) is 4. The van der Waals surface area contributed by atoms with E-state index in [1.165, 1.54) is 17.1 Å². The molecule has 0 atom stereocenters. The van der Waals surface area contributed by atoms with Gasteiger partial charge in [0.25, 0.3) is 5.56 Å². The zero-order valence-corrected chi connectivity index (χ0v) is 12.6. The minimum atomic E-state index is -0.144. The number of aryl methyl sites for hydroxylation is 2. The molecule has 3 aromatic heterocycles. The molecule has 3 heterocycles. The molecule has 0 unspecified atom stereocenters. The molecule has 7 nitrogen and oxygen atoms in total. The lowest BCUT2D eigenvalue weighted by atomic mass is 10.2. The Morgan fingerprint density at radius 2 is 2.00 bits per heavy atom. The van der Waals surface area contributed by atoms with E-state index < -0.39 is 0 Å². The lowest BCUT2D eigenvalue weighted by Gasteiger charge is -2.06. The van der Waals surface area contributed by atoms with Crippen LogP contribution >= 0.6 is 11.6 Å². The molecule has 22 heavy (non-hydrogen) atoms. The Balaban J connectivity index is 2.05. The lowest BCUT2D eigenvalue weighted by molar-refractivity contribution is 0.780. The Kier molecular flexibility index (Phi) is 2.61. The number of halogens is 1. The average molecular weight is 315 g/mol. The van der Waals surface area contributed by atoms with Gasteiger partial charge >= 0.3 is 0 Å². The van der Waals surface area contributed by atoms with E-state index in [9.17, 15) is 4.79 Å². The van der Waals surface area contributed by atoms with E-state index >= 15 is 0 Å². The van der Waals surface area contributed by atoms with Crippen molar-refractivity contribution in [2.24, 2.45) is 14.1 Å². The molecule has 4 aromatic rings. The third-order valence-electron chi connectivity index (χ3n) is 3.59. The van der Waals surface area contributed by atoms with Gasteiger partial charge in [-0.25, -0.2) is 9.67 Å². The van der Waals surface area contributed by atoms with Crippen LogP contribution in [-0.2, 0) is 14.1 Å². The second-order valence-corrected chi connectivity index (χ2v) is 5.47. The summed E-state index contributed by atoms with van der Waals surface area (Å²) in [4.78, 5) is 16.4. The fourth-order valence-corrected chi connectivity index (χ4v) is 2.80. The summed E-state index contributed by atoms with van der Waals surface area (Å²) in [6.07, 6.45) is 4.83. The van der Waals surface area contributed by atoms with Gasteiger partial charge in [0, 0.05) is 25.7 Å². The fraction of sp³-hybridized carbons (Fsp3) is 0.143. The van der Waals surface area contributed by atoms with Crippen LogP contribution in [0.4, 0.5) is 0 Å². The van der Waals surface area contributed by atoms with Crippen molar-refractivity contribution in [3.8, 4) is 5.69 Å². The Bertz CT molecular complexity index is 1090. The van der Waals surface area contributed by atoms with Crippen LogP contribution in [0.1, 0.15) is 0 Å². The van der Waals surface area contributed by atoms with E-state index in [4.69, 9.17) is 11.6 Å². The van der Waals surface area contributed by atoms with Gasteiger partial charge in [0.05, 0.1) is 28.8 Å². The molecule has 0 amide bonds. The molecule has 0 saturated heterocycles. The zero-order valence-electron chi connectivity index (χ0n) is 11.9. The lowest BCUT2D eigenvalue weighted by Crippen LogP contribution is -2.16. The van der Waals surface area contributed by atoms with Gasteiger partial charge in [-0.1, -0.05) is 11.6 Å². The zero-order chi connectivity index (χ0) is 15.4. The highest BCUT2D eigenvalue weighted by Crippen LogP contribution is 2.30. The first-order valence-corrected chi connectivity index (χ1v) is 6.95. The first-order chi connectivity index (χ1) is 10.6. The molecular formula is C14H11ClN6O. The second kappa shape index (κ2) is 4.41. The summed E-state index contributed by atoms with van der Waals surface area (Å²) >= 11 is 6.49. The molecule has 0 spiro atoms. The van der Waals surface area contributed by atoms with Gasteiger partial charge in [-0.15, -0.1) is 0 Å². The molecule has 8 heteroatoms. The molecule has 110 valence electrons. The molecule has 0 N–H and O–H groups in total. The third-order valence-corrected chi connectivity index (χ3v) is 3.99.